The molecule has 0 unspecified atom stereocenters. The average molecular weight is 650 g/mol. The molecule has 0 aromatic heterocycles. The molecule has 0 atom stereocenters. The number of hydrogen-bond acceptors (Lipinski definition) is 4. The fourth-order valence-electron chi connectivity index (χ4n) is 5.47. The van der Waals surface area contributed by atoms with Gasteiger partial charge in [0.15, 0.2) is 0 Å². The van der Waals surface area contributed by atoms with Gasteiger partial charge in [-0.15, -0.1) is 0 Å². The van der Waals surface area contributed by atoms with Crippen molar-refractivity contribution in [2.75, 3.05) is 19.9 Å². The van der Waals surface area contributed by atoms with Gasteiger partial charge in [-0.1, -0.05) is 86.7 Å². The number of unbranched alkanes of at least 4 members (excludes halogenated alkanes) is 7. The van der Waals surface area contributed by atoms with Crippen molar-refractivity contribution in [3.8, 4) is 11.5 Å². The Morgan fingerprint density at radius 1 is 0.643 bits per heavy atom. The lowest BCUT2D eigenvalue weighted by Gasteiger charge is -2.27. The molecule has 222 valence electrons. The van der Waals surface area contributed by atoms with E-state index in [9.17, 15) is 9.90 Å². The van der Waals surface area contributed by atoms with Gasteiger partial charge in [0, 0.05) is 6.07 Å². The predicted molar refractivity (Wildman–Crippen MR) is 172 cm³/mol. The van der Waals surface area contributed by atoms with Crippen LogP contribution in [0.3, 0.4) is 0 Å². The van der Waals surface area contributed by atoms with E-state index in [-0.39, 0.29) is 28.3 Å². The Balaban J connectivity index is 0.00000484. The molecule has 6 heteroatoms. The first kappa shape index (κ1) is 33.4. The zero-order valence-corrected chi connectivity index (χ0v) is 26.9. The molecule has 0 fully saturated rings. The van der Waals surface area contributed by atoms with Crippen LogP contribution in [-0.2, 0) is 4.74 Å². The number of benzene rings is 4. The third-order valence-electron chi connectivity index (χ3n) is 7.62. The van der Waals surface area contributed by atoms with E-state index in [4.69, 9.17) is 4.74 Å². The van der Waals surface area contributed by atoms with Crippen molar-refractivity contribution in [3.63, 3.8) is 0 Å². The van der Waals surface area contributed by atoms with Gasteiger partial charge in [-0.05, 0) is 67.8 Å². The van der Waals surface area contributed by atoms with Crippen molar-refractivity contribution < 1.29 is 36.4 Å². The predicted octanol–water partition coefficient (Wildman–Crippen LogP) is 4.68. The third-order valence-corrected chi connectivity index (χ3v) is 12.1. The fraction of sp³-hybridized carbons (Fsp3) is 0.306. The van der Waals surface area contributed by atoms with Gasteiger partial charge >= 0.3 is 5.97 Å². The van der Waals surface area contributed by atoms with Crippen molar-refractivity contribution in [2.45, 2.75) is 51.4 Å². The van der Waals surface area contributed by atoms with Crippen LogP contribution in [0, 0.1) is 0 Å². The highest BCUT2D eigenvalue weighted by molar-refractivity contribution is 7.95. The van der Waals surface area contributed by atoms with Gasteiger partial charge in [0.05, 0.1) is 19.9 Å². The molecule has 0 spiro atoms. The summed E-state index contributed by atoms with van der Waals surface area (Å²) in [7, 11) is -0.424. The Hall–Kier alpha value is -3.14. The van der Waals surface area contributed by atoms with Crippen molar-refractivity contribution in [1.29, 1.82) is 0 Å². The van der Waals surface area contributed by atoms with E-state index in [1.807, 2.05) is 0 Å². The summed E-state index contributed by atoms with van der Waals surface area (Å²) >= 11 is 0. The summed E-state index contributed by atoms with van der Waals surface area (Å²) in [5.74, 6) is -0.112. The molecule has 4 nitrogen and oxygen atoms in total. The fourth-order valence-corrected chi connectivity index (χ4v) is 9.88. The topological polar surface area (TPSA) is 55.8 Å². The van der Waals surface area contributed by atoms with Gasteiger partial charge in [-0.25, -0.2) is 4.79 Å². The average Bonchev–Trinajstić information content (AvgIpc) is 3.03. The largest absolute Gasteiger partial charge is 1.00 e. The van der Waals surface area contributed by atoms with Crippen LogP contribution in [0.5, 0.6) is 11.5 Å². The van der Waals surface area contributed by atoms with E-state index < -0.39 is 13.2 Å². The number of esters is 1. The molecular weight excluding hydrogens is 607 g/mol. The Morgan fingerprint density at radius 2 is 1.10 bits per heavy atom. The lowest BCUT2D eigenvalue weighted by atomic mass is 10.1. The summed E-state index contributed by atoms with van der Waals surface area (Å²) in [4.78, 5) is 11.6. The zero-order chi connectivity index (χ0) is 28.8. The van der Waals surface area contributed by atoms with E-state index in [2.05, 4.69) is 95.7 Å². The Bertz CT molecular complexity index is 1240. The smallest absolute Gasteiger partial charge is 0.341 e. The first-order valence-corrected chi connectivity index (χ1v) is 16.7. The van der Waals surface area contributed by atoms with Crippen LogP contribution in [-0.4, -0.2) is 31.0 Å². The summed E-state index contributed by atoms with van der Waals surface area (Å²) in [6.45, 7) is 0.598. The summed E-state index contributed by atoms with van der Waals surface area (Å²) in [5, 5.41) is 14.4. The highest BCUT2D eigenvalue weighted by atomic mass is 79.9. The minimum Gasteiger partial charge on any atom is -1.00 e. The van der Waals surface area contributed by atoms with Crippen molar-refractivity contribution >= 4 is 29.1 Å². The number of ether oxygens (including phenoxy) is 2. The van der Waals surface area contributed by atoms with E-state index in [0.29, 0.717) is 12.4 Å². The third kappa shape index (κ3) is 8.93. The molecule has 0 radical (unpaired) electrons. The minimum absolute atomic E-state index is 0. The Labute approximate surface area is 262 Å². The second kappa shape index (κ2) is 17.7. The summed E-state index contributed by atoms with van der Waals surface area (Å²) < 4.78 is 10.4. The van der Waals surface area contributed by atoms with Crippen LogP contribution < -0.4 is 37.6 Å². The monoisotopic (exact) mass is 648 g/mol. The highest BCUT2D eigenvalue weighted by Gasteiger charge is 2.44. The van der Waals surface area contributed by atoms with Gasteiger partial charge in [0.1, 0.15) is 40.2 Å². The maximum Gasteiger partial charge on any atom is 0.341 e. The number of halogens is 1. The quantitative estimate of drug-likeness (QED) is 0.109. The van der Waals surface area contributed by atoms with Crippen LogP contribution >= 0.6 is 7.26 Å². The number of phenols is 1. The lowest BCUT2D eigenvalue weighted by Crippen LogP contribution is -3.00. The molecule has 0 aliphatic rings. The molecule has 4 rings (SSSR count). The first-order chi connectivity index (χ1) is 20.1. The molecule has 4 aromatic rings. The van der Waals surface area contributed by atoms with E-state index >= 15 is 0 Å². The molecule has 42 heavy (non-hydrogen) atoms. The van der Waals surface area contributed by atoms with E-state index in [1.165, 1.54) is 79.8 Å². The van der Waals surface area contributed by atoms with Crippen molar-refractivity contribution in [3.05, 3.63) is 115 Å². The molecule has 0 saturated heterocycles. The van der Waals surface area contributed by atoms with Crippen molar-refractivity contribution in [2.24, 2.45) is 0 Å². The Morgan fingerprint density at radius 3 is 1.55 bits per heavy atom. The highest BCUT2D eigenvalue weighted by Crippen LogP contribution is 2.56. The number of carbonyl (C=O) groups is 1. The number of methoxy groups -OCH3 is 1. The summed E-state index contributed by atoms with van der Waals surface area (Å²) in [6, 6.07) is 38.2. The van der Waals surface area contributed by atoms with Gasteiger partial charge in [-0.2, -0.15) is 0 Å². The maximum atomic E-state index is 11.6. The molecule has 1 N–H and O–H groups in total. The van der Waals surface area contributed by atoms with Crippen molar-refractivity contribution in [1.82, 2.24) is 0 Å². The SMILES string of the molecule is COC(=O)c1ccc(OCCCCCCCCCC[P+](c2ccccc2)(c2ccccc2)c2ccccc2)cc1O.[Br-]. The second-order valence-electron chi connectivity index (χ2n) is 10.4. The summed E-state index contributed by atoms with van der Waals surface area (Å²) in [6.07, 6.45) is 10.7. The van der Waals surface area contributed by atoms with E-state index in [1.54, 1.807) is 6.07 Å². The molecule has 0 aliphatic carbocycles. The molecular formula is C36H42BrO4P. The number of phenolic OH excluding ortho intramolecular Hbond substituents is 1. The summed E-state index contributed by atoms with van der Waals surface area (Å²) in [5.41, 5.74) is 0.146. The standard InChI is InChI=1S/C36H41O4P.BrH/c1-39-36(38)34-26-25-30(29-35(34)37)40-27-17-6-4-2-3-5-7-18-28-41(31-19-11-8-12-20-31,32-21-13-9-14-22-32)33-23-15-10-16-24-33;/h8-16,19-26,29H,2-7,17-18,27-28H2,1H3;1H. The zero-order valence-electron chi connectivity index (χ0n) is 24.5. The number of aromatic hydroxyl groups is 1. The van der Waals surface area contributed by atoms with Crippen LogP contribution in [0.1, 0.15) is 61.7 Å². The lowest BCUT2D eigenvalue weighted by molar-refractivity contribution is -0.0000251. The molecule has 4 aromatic carbocycles. The van der Waals surface area contributed by atoms with Crippen LogP contribution in [0.2, 0.25) is 0 Å². The van der Waals surface area contributed by atoms with Crippen LogP contribution in [0.4, 0.5) is 0 Å². The number of hydrogen-bond donors (Lipinski definition) is 1. The molecule has 0 heterocycles. The van der Waals surface area contributed by atoms with Gasteiger partial charge < -0.3 is 31.6 Å². The normalized spacial score (nSPS) is 11.0. The maximum absolute atomic E-state index is 11.6. The molecule has 0 bridgehead atoms. The van der Waals surface area contributed by atoms with Gasteiger partial charge in [-0.3, -0.25) is 0 Å². The van der Waals surface area contributed by atoms with E-state index in [0.717, 1.165) is 12.8 Å². The molecule has 0 amide bonds. The molecule has 0 aliphatic heterocycles. The second-order valence-corrected chi connectivity index (χ2v) is 14.0. The number of carbonyl (C=O) groups excluding carboxylic acids is 1. The Kier molecular flexibility index (Phi) is 14.1. The molecule has 0 saturated carbocycles. The van der Waals surface area contributed by atoms with Gasteiger partial charge in [0.2, 0.25) is 0 Å². The van der Waals surface area contributed by atoms with Crippen LogP contribution in [0.25, 0.3) is 0 Å². The van der Waals surface area contributed by atoms with Crippen LogP contribution in [0.15, 0.2) is 109 Å². The first-order valence-electron chi connectivity index (χ1n) is 14.7. The number of rotatable bonds is 16. The van der Waals surface area contributed by atoms with Gasteiger partial charge in [0.25, 0.3) is 0 Å². The minimum atomic E-state index is -1.72.